The van der Waals surface area contributed by atoms with Crippen LogP contribution < -0.4 is 0 Å². The Balaban J connectivity index is 1.27. The average molecular weight is 581 g/mol. The summed E-state index contributed by atoms with van der Waals surface area (Å²) in [6.07, 6.45) is 10.8. The van der Waals surface area contributed by atoms with E-state index in [1.165, 1.54) is 90.9 Å². The molecule has 218 valence electrons. The Morgan fingerprint density at radius 2 is 1.33 bits per heavy atom. The van der Waals surface area contributed by atoms with Gasteiger partial charge >= 0.3 is 0 Å². The van der Waals surface area contributed by atoms with Crippen LogP contribution in [0.5, 0.6) is 0 Å². The lowest BCUT2D eigenvalue weighted by molar-refractivity contribution is 0.556. The Kier molecular flexibility index (Phi) is 5.16. The van der Waals surface area contributed by atoms with Crippen molar-refractivity contribution in [3.8, 4) is 5.69 Å². The van der Waals surface area contributed by atoms with Gasteiger partial charge in [-0.05, 0) is 79.0 Å². The minimum Gasteiger partial charge on any atom is -0.313 e. The molecular weight excluding hydrogens is 544 g/mol. The van der Waals surface area contributed by atoms with Gasteiger partial charge in [-0.2, -0.15) is 0 Å². The first-order chi connectivity index (χ1) is 22.1. The van der Waals surface area contributed by atoms with Gasteiger partial charge in [0.15, 0.2) is 0 Å². The highest BCUT2D eigenvalue weighted by Gasteiger charge is 2.43. The Labute approximate surface area is 263 Å². The van der Waals surface area contributed by atoms with Crippen LogP contribution in [-0.4, -0.2) is 9.13 Å². The fraction of sp³-hybridized carbons (Fsp3) is 0.209. The zero-order valence-electron chi connectivity index (χ0n) is 26.0. The van der Waals surface area contributed by atoms with E-state index in [0.29, 0.717) is 5.92 Å². The van der Waals surface area contributed by atoms with Crippen LogP contribution in [0, 0.1) is 0 Å². The number of fused-ring (bicyclic) bond motifs is 12. The van der Waals surface area contributed by atoms with Crippen LogP contribution in [0.25, 0.3) is 60.9 Å². The van der Waals surface area contributed by atoms with Gasteiger partial charge in [-0.3, -0.25) is 0 Å². The molecule has 0 bridgehead atoms. The zero-order valence-corrected chi connectivity index (χ0v) is 26.0. The fourth-order valence-corrected chi connectivity index (χ4v) is 9.39. The second-order valence-corrected chi connectivity index (χ2v) is 13.9. The molecule has 1 atom stereocenters. The molecule has 0 N–H and O–H groups in total. The summed E-state index contributed by atoms with van der Waals surface area (Å²) in [5.74, 6) is 0.545. The summed E-state index contributed by atoms with van der Waals surface area (Å²) in [6, 6.07) is 38.6. The molecule has 5 aromatic carbocycles. The van der Waals surface area contributed by atoms with Crippen molar-refractivity contribution in [3.05, 3.63) is 137 Å². The Morgan fingerprint density at radius 1 is 0.644 bits per heavy atom. The summed E-state index contributed by atoms with van der Waals surface area (Å²) in [4.78, 5) is 0. The third-order valence-corrected chi connectivity index (χ3v) is 11.3. The molecule has 1 unspecified atom stereocenters. The number of nitrogens with zero attached hydrogens (tertiary/aromatic N) is 2. The van der Waals surface area contributed by atoms with E-state index in [4.69, 9.17) is 0 Å². The molecule has 3 aliphatic rings. The minimum absolute atomic E-state index is 0.103. The van der Waals surface area contributed by atoms with Gasteiger partial charge in [-0.25, -0.2) is 0 Å². The van der Waals surface area contributed by atoms with Crippen LogP contribution in [0.15, 0.2) is 115 Å². The van der Waals surface area contributed by atoms with Crippen molar-refractivity contribution < 1.29 is 0 Å². The van der Waals surface area contributed by atoms with Gasteiger partial charge in [0.1, 0.15) is 0 Å². The molecule has 0 amide bonds. The van der Waals surface area contributed by atoms with E-state index in [1.807, 2.05) is 0 Å². The standard InChI is InChI=1S/C43H36N2/c1-43(2)36-17-9-6-16-34(36)41-31-21-22-32-29-14-7-11-19-39(29)45(42(32)33(31)23-24-37(41)43)28-20-25-40-35(26-28)30-15-8-10-18-38(30)44(40)27-12-4-3-5-13-27/h3-5,7-8,10-15,17-19,21-24,26,34H,6,9,16,20,25H2,1-2H3. The van der Waals surface area contributed by atoms with E-state index in [1.54, 1.807) is 11.1 Å². The lowest BCUT2D eigenvalue weighted by Gasteiger charge is -2.27. The number of hydrogen-bond donors (Lipinski definition) is 0. The first kappa shape index (κ1) is 25.5. The highest BCUT2D eigenvalue weighted by Crippen LogP contribution is 2.56. The number of benzene rings is 5. The minimum atomic E-state index is 0.103. The summed E-state index contributed by atoms with van der Waals surface area (Å²) in [5, 5.41) is 6.87. The second-order valence-electron chi connectivity index (χ2n) is 13.9. The monoisotopic (exact) mass is 580 g/mol. The van der Waals surface area contributed by atoms with E-state index in [-0.39, 0.29) is 5.41 Å². The maximum absolute atomic E-state index is 2.62. The van der Waals surface area contributed by atoms with E-state index < -0.39 is 0 Å². The smallest absolute Gasteiger partial charge is 0.0616 e. The van der Waals surface area contributed by atoms with Crippen LogP contribution in [0.1, 0.15) is 67.8 Å². The third-order valence-electron chi connectivity index (χ3n) is 11.3. The van der Waals surface area contributed by atoms with Crippen molar-refractivity contribution in [3.63, 3.8) is 0 Å². The molecule has 2 aromatic heterocycles. The van der Waals surface area contributed by atoms with Gasteiger partial charge in [0.05, 0.1) is 16.6 Å². The molecule has 10 rings (SSSR count). The molecule has 0 aliphatic heterocycles. The Bertz CT molecular complexity index is 2430. The van der Waals surface area contributed by atoms with Crippen LogP contribution >= 0.6 is 0 Å². The summed E-state index contributed by atoms with van der Waals surface area (Å²) in [6.45, 7) is 4.89. The Hall–Kier alpha value is -4.82. The van der Waals surface area contributed by atoms with E-state index in [0.717, 1.165) is 12.8 Å². The van der Waals surface area contributed by atoms with Crippen molar-refractivity contribution in [2.24, 2.45) is 0 Å². The largest absolute Gasteiger partial charge is 0.313 e. The van der Waals surface area contributed by atoms with Crippen LogP contribution in [0.4, 0.5) is 0 Å². The van der Waals surface area contributed by atoms with Gasteiger partial charge in [0.2, 0.25) is 0 Å². The zero-order chi connectivity index (χ0) is 29.9. The van der Waals surface area contributed by atoms with E-state index in [2.05, 4.69) is 138 Å². The number of aromatic nitrogens is 2. The quantitative estimate of drug-likeness (QED) is 0.180. The molecule has 0 radical (unpaired) electrons. The Morgan fingerprint density at radius 3 is 2.18 bits per heavy atom. The van der Waals surface area contributed by atoms with Crippen molar-refractivity contribution in [1.29, 1.82) is 0 Å². The maximum atomic E-state index is 2.62. The van der Waals surface area contributed by atoms with Crippen molar-refractivity contribution in [2.45, 2.75) is 57.3 Å². The van der Waals surface area contributed by atoms with Gasteiger partial charge in [0.25, 0.3) is 0 Å². The summed E-state index contributed by atoms with van der Waals surface area (Å²) in [7, 11) is 0. The summed E-state index contributed by atoms with van der Waals surface area (Å²) < 4.78 is 5.11. The lowest BCUT2D eigenvalue weighted by atomic mass is 9.77. The fourth-order valence-electron chi connectivity index (χ4n) is 9.39. The second kappa shape index (κ2) is 9.11. The van der Waals surface area contributed by atoms with E-state index >= 15 is 0 Å². The van der Waals surface area contributed by atoms with Crippen molar-refractivity contribution in [1.82, 2.24) is 9.13 Å². The van der Waals surface area contributed by atoms with Gasteiger partial charge in [-0.15, -0.1) is 0 Å². The number of allylic oxidation sites excluding steroid dienone is 3. The number of hydrogen-bond acceptors (Lipinski definition) is 0. The maximum Gasteiger partial charge on any atom is 0.0616 e. The molecule has 7 aromatic rings. The number of para-hydroxylation sites is 3. The highest BCUT2D eigenvalue weighted by molar-refractivity contribution is 6.20. The van der Waals surface area contributed by atoms with E-state index in [9.17, 15) is 0 Å². The molecule has 0 spiro atoms. The summed E-state index contributed by atoms with van der Waals surface area (Å²) in [5.41, 5.74) is 14.2. The van der Waals surface area contributed by atoms with Gasteiger partial charge in [0, 0.05) is 55.5 Å². The first-order valence-electron chi connectivity index (χ1n) is 16.7. The van der Waals surface area contributed by atoms with Gasteiger partial charge in [-0.1, -0.05) is 104 Å². The first-order valence-corrected chi connectivity index (χ1v) is 16.7. The van der Waals surface area contributed by atoms with Crippen molar-refractivity contribution >= 4 is 55.3 Å². The van der Waals surface area contributed by atoms with Crippen LogP contribution in [0.3, 0.4) is 0 Å². The molecule has 0 fully saturated rings. The molecule has 2 nitrogen and oxygen atoms in total. The van der Waals surface area contributed by atoms with Crippen LogP contribution in [-0.2, 0) is 11.8 Å². The molecule has 45 heavy (non-hydrogen) atoms. The topological polar surface area (TPSA) is 9.86 Å². The lowest BCUT2D eigenvalue weighted by Crippen LogP contribution is -2.17. The SMILES string of the molecule is CC1(C)C2=CCCCC2c2c1ccc1c2ccc2c3ccccc3n(C3=Cc4c(n(-c5ccccc5)c5ccccc45)CC3)c12. The third kappa shape index (κ3) is 3.35. The molecule has 0 saturated heterocycles. The van der Waals surface area contributed by atoms with Crippen LogP contribution in [0.2, 0.25) is 0 Å². The molecular formula is C43H36N2. The molecule has 0 saturated carbocycles. The predicted octanol–water partition coefficient (Wildman–Crippen LogP) is 11.3. The van der Waals surface area contributed by atoms with Gasteiger partial charge < -0.3 is 9.13 Å². The number of rotatable bonds is 2. The van der Waals surface area contributed by atoms with Crippen molar-refractivity contribution in [2.75, 3.05) is 0 Å². The summed E-state index contributed by atoms with van der Waals surface area (Å²) >= 11 is 0. The molecule has 2 heterocycles. The highest BCUT2D eigenvalue weighted by atomic mass is 15.0. The molecule has 2 heteroatoms. The average Bonchev–Trinajstić information content (AvgIpc) is 3.68. The predicted molar refractivity (Wildman–Crippen MR) is 190 cm³/mol. The molecule has 3 aliphatic carbocycles. The normalized spacial score (nSPS) is 18.7.